The molecule has 3 heteroatoms. The molecule has 0 heterocycles. The van der Waals surface area contributed by atoms with E-state index in [-0.39, 0.29) is 0 Å². The Labute approximate surface area is 68.1 Å². The second-order valence-corrected chi connectivity index (χ2v) is 2.00. The molecule has 0 spiro atoms. The van der Waals surface area contributed by atoms with E-state index in [9.17, 15) is 4.79 Å². The Bertz CT molecular complexity index is 98.3. The minimum absolute atomic E-state index is 0.833. The summed E-state index contributed by atoms with van der Waals surface area (Å²) in [5.41, 5.74) is 0. The number of nitrogens with one attached hydrogen (secondary N) is 1. The number of rotatable bonds is 4. The smallest absolute Gasteiger partial charge is 0.327 e. The van der Waals surface area contributed by atoms with Crippen LogP contribution in [0.2, 0.25) is 0 Å². The zero-order valence-electron chi connectivity index (χ0n) is 7.26. The molecule has 0 aliphatic carbocycles. The zero-order valence-corrected chi connectivity index (χ0v) is 7.26. The van der Waals surface area contributed by atoms with Crippen molar-refractivity contribution in [2.75, 3.05) is 13.6 Å². The molecule has 0 atom stereocenters. The number of aliphatic carboxylic acids is 1. The van der Waals surface area contributed by atoms with Gasteiger partial charge in [-0.1, -0.05) is 19.9 Å². The van der Waals surface area contributed by atoms with E-state index in [2.05, 4.69) is 18.8 Å². The van der Waals surface area contributed by atoms with Gasteiger partial charge in [-0.05, 0) is 20.0 Å². The van der Waals surface area contributed by atoms with Gasteiger partial charge in [-0.3, -0.25) is 0 Å². The molecule has 0 unspecified atom stereocenters. The summed E-state index contributed by atoms with van der Waals surface area (Å²) < 4.78 is 0. The Morgan fingerprint density at radius 2 is 2.18 bits per heavy atom. The fourth-order valence-corrected chi connectivity index (χ4v) is 0.354. The van der Waals surface area contributed by atoms with E-state index in [1.165, 1.54) is 12.8 Å². The summed E-state index contributed by atoms with van der Waals surface area (Å²) >= 11 is 0. The first-order valence-corrected chi connectivity index (χ1v) is 3.69. The maximum atomic E-state index is 9.25. The van der Waals surface area contributed by atoms with Gasteiger partial charge in [0.15, 0.2) is 0 Å². The molecular formula is C8H17NO2. The second-order valence-electron chi connectivity index (χ2n) is 2.00. The van der Waals surface area contributed by atoms with Gasteiger partial charge < -0.3 is 10.4 Å². The first-order valence-electron chi connectivity index (χ1n) is 3.69. The average Bonchev–Trinajstić information content (AvgIpc) is 2.02. The van der Waals surface area contributed by atoms with Gasteiger partial charge in [-0.2, -0.15) is 0 Å². The Morgan fingerprint density at radius 3 is 2.27 bits per heavy atom. The van der Waals surface area contributed by atoms with Crippen LogP contribution in [0.25, 0.3) is 0 Å². The van der Waals surface area contributed by atoms with Crippen molar-refractivity contribution in [3.8, 4) is 0 Å². The molecule has 0 aromatic rings. The predicted octanol–water partition coefficient (Wildman–Crippen LogP) is 1.26. The van der Waals surface area contributed by atoms with Crippen molar-refractivity contribution in [1.82, 2.24) is 5.32 Å². The SMILES string of the molecule is C=CC(=O)O.CCCCNC. The number of unbranched alkanes of at least 4 members (excludes halogenated alkanes) is 1. The summed E-state index contributed by atoms with van der Waals surface area (Å²) in [6.45, 7) is 6.32. The van der Waals surface area contributed by atoms with Gasteiger partial charge in [0, 0.05) is 6.08 Å². The summed E-state index contributed by atoms with van der Waals surface area (Å²) in [4.78, 5) is 9.25. The van der Waals surface area contributed by atoms with Crippen LogP contribution in [0.5, 0.6) is 0 Å². The number of carboxylic acids is 1. The maximum Gasteiger partial charge on any atom is 0.327 e. The van der Waals surface area contributed by atoms with Crippen molar-refractivity contribution >= 4 is 5.97 Å². The van der Waals surface area contributed by atoms with Gasteiger partial charge in [0.05, 0.1) is 0 Å². The lowest BCUT2D eigenvalue weighted by Gasteiger charge is -1.89. The molecule has 2 N–H and O–H groups in total. The average molecular weight is 159 g/mol. The van der Waals surface area contributed by atoms with Gasteiger partial charge >= 0.3 is 5.97 Å². The van der Waals surface area contributed by atoms with E-state index < -0.39 is 5.97 Å². The molecule has 0 aliphatic rings. The monoisotopic (exact) mass is 159 g/mol. The molecule has 0 rings (SSSR count). The van der Waals surface area contributed by atoms with Crippen molar-refractivity contribution in [3.05, 3.63) is 12.7 Å². The Hall–Kier alpha value is -0.830. The summed E-state index contributed by atoms with van der Waals surface area (Å²) in [5.74, 6) is -0.981. The summed E-state index contributed by atoms with van der Waals surface area (Å²) in [6.07, 6.45) is 3.43. The fourth-order valence-electron chi connectivity index (χ4n) is 0.354. The quantitative estimate of drug-likeness (QED) is 0.479. The molecule has 0 radical (unpaired) electrons. The van der Waals surface area contributed by atoms with Crippen LogP contribution in [-0.4, -0.2) is 24.7 Å². The molecule has 0 fully saturated rings. The molecule has 0 amide bonds. The summed E-state index contributed by atoms with van der Waals surface area (Å²) in [7, 11) is 1.98. The van der Waals surface area contributed by atoms with Gasteiger partial charge in [-0.25, -0.2) is 4.79 Å². The fraction of sp³-hybridized carbons (Fsp3) is 0.625. The third-order valence-corrected chi connectivity index (χ3v) is 0.955. The number of hydrogen-bond donors (Lipinski definition) is 2. The molecular weight excluding hydrogens is 142 g/mol. The van der Waals surface area contributed by atoms with Crippen molar-refractivity contribution < 1.29 is 9.90 Å². The van der Waals surface area contributed by atoms with Gasteiger partial charge in [0.25, 0.3) is 0 Å². The van der Waals surface area contributed by atoms with Crippen molar-refractivity contribution in [3.63, 3.8) is 0 Å². The number of carbonyl (C=O) groups is 1. The molecule has 0 aromatic heterocycles. The van der Waals surface area contributed by atoms with Crippen LogP contribution in [-0.2, 0) is 4.79 Å². The highest BCUT2D eigenvalue weighted by Gasteiger charge is 1.73. The standard InChI is InChI=1S/C5H13N.C3H4O2/c1-3-4-5-6-2;1-2-3(4)5/h6H,3-5H2,1-2H3;2H,1H2,(H,4,5). The highest BCUT2D eigenvalue weighted by atomic mass is 16.4. The van der Waals surface area contributed by atoms with E-state index in [1.54, 1.807) is 0 Å². The van der Waals surface area contributed by atoms with E-state index in [1.807, 2.05) is 7.05 Å². The summed E-state index contributed by atoms with van der Waals surface area (Å²) in [5, 5.41) is 10.7. The molecule has 0 bridgehead atoms. The lowest BCUT2D eigenvalue weighted by molar-refractivity contribution is -0.131. The topological polar surface area (TPSA) is 49.3 Å². The normalized spacial score (nSPS) is 7.82. The Balaban J connectivity index is 0. The van der Waals surface area contributed by atoms with E-state index in [0.717, 1.165) is 12.6 Å². The number of carboxylic acid groups (broad SMARTS) is 1. The second kappa shape index (κ2) is 11.9. The van der Waals surface area contributed by atoms with Crippen LogP contribution < -0.4 is 5.32 Å². The first kappa shape index (κ1) is 12.8. The third-order valence-electron chi connectivity index (χ3n) is 0.955. The Morgan fingerprint density at radius 1 is 1.73 bits per heavy atom. The first-order chi connectivity index (χ1) is 5.18. The van der Waals surface area contributed by atoms with Crippen LogP contribution in [0, 0.1) is 0 Å². The van der Waals surface area contributed by atoms with Crippen LogP contribution in [0.1, 0.15) is 19.8 Å². The number of hydrogen-bond acceptors (Lipinski definition) is 2. The van der Waals surface area contributed by atoms with E-state index in [4.69, 9.17) is 5.11 Å². The molecule has 0 aromatic carbocycles. The van der Waals surface area contributed by atoms with E-state index >= 15 is 0 Å². The van der Waals surface area contributed by atoms with E-state index in [0.29, 0.717) is 0 Å². The molecule has 66 valence electrons. The highest BCUT2D eigenvalue weighted by Crippen LogP contribution is 1.79. The van der Waals surface area contributed by atoms with Crippen LogP contribution in [0.3, 0.4) is 0 Å². The van der Waals surface area contributed by atoms with Gasteiger partial charge in [0.1, 0.15) is 0 Å². The summed E-state index contributed by atoms with van der Waals surface area (Å²) in [6, 6.07) is 0. The molecule has 0 saturated heterocycles. The largest absolute Gasteiger partial charge is 0.478 e. The lowest BCUT2D eigenvalue weighted by atomic mass is 10.3. The van der Waals surface area contributed by atoms with Gasteiger partial charge in [0.2, 0.25) is 0 Å². The molecule has 11 heavy (non-hydrogen) atoms. The molecule has 0 aliphatic heterocycles. The van der Waals surface area contributed by atoms with Crippen molar-refractivity contribution in [2.45, 2.75) is 19.8 Å². The Kier molecular flexibility index (Phi) is 13.9. The van der Waals surface area contributed by atoms with Crippen molar-refractivity contribution in [2.24, 2.45) is 0 Å². The van der Waals surface area contributed by atoms with Gasteiger partial charge in [-0.15, -0.1) is 0 Å². The maximum absolute atomic E-state index is 9.25. The highest BCUT2D eigenvalue weighted by molar-refractivity contribution is 5.78. The minimum atomic E-state index is -0.981. The molecule has 0 saturated carbocycles. The van der Waals surface area contributed by atoms with Crippen LogP contribution in [0.15, 0.2) is 12.7 Å². The zero-order chi connectivity index (χ0) is 9.11. The lowest BCUT2D eigenvalue weighted by Crippen LogP contribution is -2.06. The predicted molar refractivity (Wildman–Crippen MR) is 46.7 cm³/mol. The minimum Gasteiger partial charge on any atom is -0.478 e. The van der Waals surface area contributed by atoms with Crippen LogP contribution in [0.4, 0.5) is 0 Å². The van der Waals surface area contributed by atoms with Crippen LogP contribution >= 0.6 is 0 Å². The molecule has 3 nitrogen and oxygen atoms in total. The third kappa shape index (κ3) is 27.1. The van der Waals surface area contributed by atoms with Crippen molar-refractivity contribution in [1.29, 1.82) is 0 Å².